The summed E-state index contributed by atoms with van der Waals surface area (Å²) in [6.45, 7) is 4.81. The van der Waals surface area contributed by atoms with Crippen LogP contribution in [0.5, 0.6) is 0 Å². The number of allylic oxidation sites excluding steroid dienone is 2. The molecule has 12 rings (SSSR count). The van der Waals surface area contributed by atoms with Crippen LogP contribution in [0.2, 0.25) is 0 Å². The fourth-order valence-electron chi connectivity index (χ4n) is 11.3. The van der Waals surface area contributed by atoms with E-state index in [1.165, 1.54) is 105 Å². The molecule has 0 radical (unpaired) electrons. The quantitative estimate of drug-likeness (QED) is 0.161. The molecule has 1 heteroatoms. The Balaban J connectivity index is 1.15. The molecule has 1 nitrogen and oxygen atoms in total. The van der Waals surface area contributed by atoms with E-state index in [2.05, 4.69) is 238 Å². The minimum atomic E-state index is -0.499. The van der Waals surface area contributed by atoms with Crippen molar-refractivity contribution in [1.82, 2.24) is 4.90 Å². The van der Waals surface area contributed by atoms with E-state index >= 15 is 0 Å². The molecule has 9 aromatic rings. The number of rotatable bonds is 4. The second kappa shape index (κ2) is 13.4. The molecular weight excluding hydrogens is 735 g/mol. The van der Waals surface area contributed by atoms with Crippen LogP contribution in [-0.4, -0.2) is 11.9 Å². The van der Waals surface area contributed by atoms with E-state index in [4.69, 9.17) is 0 Å². The van der Waals surface area contributed by atoms with E-state index in [-0.39, 0.29) is 11.5 Å². The predicted molar refractivity (Wildman–Crippen MR) is 256 cm³/mol. The van der Waals surface area contributed by atoms with Gasteiger partial charge in [0, 0.05) is 18.2 Å². The van der Waals surface area contributed by atoms with Gasteiger partial charge < -0.3 is 4.90 Å². The second-order valence-electron chi connectivity index (χ2n) is 17.7. The molecule has 0 saturated carbocycles. The first-order valence-electron chi connectivity index (χ1n) is 21.6. The van der Waals surface area contributed by atoms with Crippen molar-refractivity contribution < 1.29 is 0 Å². The van der Waals surface area contributed by atoms with Gasteiger partial charge in [-0.2, -0.15) is 0 Å². The van der Waals surface area contributed by atoms with Crippen molar-refractivity contribution in [1.29, 1.82) is 0 Å². The molecule has 1 heterocycles. The number of hydrogen-bond acceptors (Lipinski definition) is 1. The molecule has 1 unspecified atom stereocenters. The Bertz CT molecular complexity index is 3240. The third-order valence-corrected chi connectivity index (χ3v) is 14.2. The van der Waals surface area contributed by atoms with Gasteiger partial charge in [0.15, 0.2) is 0 Å². The summed E-state index contributed by atoms with van der Waals surface area (Å²) in [5, 5.41) is 5.11. The molecule has 0 amide bonds. The average Bonchev–Trinajstić information content (AvgIpc) is 3.62. The van der Waals surface area contributed by atoms with Crippen LogP contribution in [0.3, 0.4) is 0 Å². The van der Waals surface area contributed by atoms with Gasteiger partial charge in [-0.05, 0) is 124 Å². The maximum atomic E-state index is 2.51. The molecule has 1 spiro atoms. The molecule has 0 aromatic heterocycles. The highest BCUT2D eigenvalue weighted by Crippen LogP contribution is 2.63. The van der Waals surface area contributed by atoms with Crippen molar-refractivity contribution in [3.63, 3.8) is 0 Å². The summed E-state index contributed by atoms with van der Waals surface area (Å²) >= 11 is 0. The molecule has 2 aliphatic carbocycles. The van der Waals surface area contributed by atoms with Crippen molar-refractivity contribution in [2.45, 2.75) is 30.7 Å². The fourth-order valence-corrected chi connectivity index (χ4v) is 11.3. The fraction of sp³-hybridized carbons (Fsp3) is 0.100. The van der Waals surface area contributed by atoms with E-state index in [0.29, 0.717) is 0 Å². The lowest BCUT2D eigenvalue weighted by Gasteiger charge is -2.46. The van der Waals surface area contributed by atoms with Crippen LogP contribution >= 0.6 is 0 Å². The topological polar surface area (TPSA) is 3.24 Å². The van der Waals surface area contributed by atoms with Gasteiger partial charge in [0.05, 0.1) is 11.5 Å². The van der Waals surface area contributed by atoms with Crippen LogP contribution < -0.4 is 0 Å². The summed E-state index contributed by atoms with van der Waals surface area (Å²) in [5.41, 5.74) is 18.8. The molecule has 0 N–H and O–H groups in total. The summed E-state index contributed by atoms with van der Waals surface area (Å²) in [5.74, 6) is 0. The molecule has 0 fully saturated rings. The van der Waals surface area contributed by atoms with Crippen molar-refractivity contribution >= 4 is 32.8 Å². The van der Waals surface area contributed by atoms with Gasteiger partial charge in [0.1, 0.15) is 0 Å². The lowest BCUT2D eigenvalue weighted by molar-refractivity contribution is 0.413. The van der Waals surface area contributed by atoms with Gasteiger partial charge in [0.2, 0.25) is 0 Å². The minimum Gasteiger partial charge on any atom is -0.364 e. The zero-order valence-corrected chi connectivity index (χ0v) is 34.7. The highest BCUT2D eigenvalue weighted by molar-refractivity contribution is 6.08. The summed E-state index contributed by atoms with van der Waals surface area (Å²) < 4.78 is 0. The number of likely N-dealkylation sites (N-methyl/N-ethyl adjacent to an activating group) is 1. The monoisotopic (exact) mass is 779 g/mol. The molecule has 0 saturated heterocycles. The predicted octanol–water partition coefficient (Wildman–Crippen LogP) is 14.8. The second-order valence-corrected chi connectivity index (χ2v) is 17.7. The zero-order chi connectivity index (χ0) is 40.9. The van der Waals surface area contributed by atoms with Crippen molar-refractivity contribution in [2.24, 2.45) is 0 Å². The zero-order valence-electron chi connectivity index (χ0n) is 34.7. The van der Waals surface area contributed by atoms with E-state index in [0.717, 1.165) is 0 Å². The van der Waals surface area contributed by atoms with Gasteiger partial charge in [-0.3, -0.25) is 0 Å². The largest absolute Gasteiger partial charge is 0.364 e. The standard InChI is InChI=1S/C60H45N/c1-59(2)51-24-12-14-26-53(51)60(54-27-15-13-25-52(54)59)50-34-32-43(42-31-33-47-44(35-42)30-29-39-17-10-11-22-46(39)47)36-49(50)58-48(23-16-28-55(58)60)45-37-56(40-18-6-4-7-19-40)61(3)57(38-45)41-20-8-5-9-21-41/h4-38,56H,1-3H3. The van der Waals surface area contributed by atoms with Gasteiger partial charge in [-0.1, -0.05) is 202 Å². The van der Waals surface area contributed by atoms with Crippen molar-refractivity contribution in [2.75, 3.05) is 7.05 Å². The highest BCUT2D eigenvalue weighted by atomic mass is 15.1. The summed E-state index contributed by atoms with van der Waals surface area (Å²) in [6, 6.07) is 75.2. The van der Waals surface area contributed by atoms with E-state index in [1.54, 1.807) is 0 Å². The molecule has 3 aliphatic rings. The van der Waals surface area contributed by atoms with Crippen LogP contribution in [-0.2, 0) is 10.8 Å². The number of fused-ring (bicyclic) bond motifs is 12. The molecule has 1 atom stereocenters. The normalized spacial score (nSPS) is 16.7. The Kier molecular flexibility index (Phi) is 7.84. The summed E-state index contributed by atoms with van der Waals surface area (Å²) in [6.07, 6.45) is 4.92. The maximum absolute atomic E-state index is 2.51. The summed E-state index contributed by atoms with van der Waals surface area (Å²) in [4.78, 5) is 2.43. The Morgan fingerprint density at radius 3 is 1.77 bits per heavy atom. The maximum Gasteiger partial charge on any atom is 0.0732 e. The van der Waals surface area contributed by atoms with Crippen LogP contribution in [0, 0.1) is 0 Å². The van der Waals surface area contributed by atoms with Gasteiger partial charge >= 0.3 is 0 Å². The molecular formula is C60H45N. The average molecular weight is 780 g/mol. The Morgan fingerprint density at radius 1 is 0.426 bits per heavy atom. The van der Waals surface area contributed by atoms with E-state index in [1.807, 2.05) is 0 Å². The Hall–Kier alpha value is -7.22. The third-order valence-electron chi connectivity index (χ3n) is 14.2. The van der Waals surface area contributed by atoms with Crippen LogP contribution in [0.4, 0.5) is 0 Å². The van der Waals surface area contributed by atoms with Gasteiger partial charge in [-0.15, -0.1) is 0 Å². The molecule has 290 valence electrons. The smallest absolute Gasteiger partial charge is 0.0732 e. The lowest BCUT2D eigenvalue weighted by atomic mass is 9.55. The van der Waals surface area contributed by atoms with Crippen LogP contribution in [0.15, 0.2) is 212 Å². The Labute approximate surface area is 358 Å². The third kappa shape index (κ3) is 5.14. The van der Waals surface area contributed by atoms with Crippen molar-refractivity contribution in [3.8, 4) is 22.3 Å². The van der Waals surface area contributed by atoms with Crippen molar-refractivity contribution in [3.05, 3.63) is 262 Å². The molecule has 61 heavy (non-hydrogen) atoms. The van der Waals surface area contributed by atoms with E-state index in [9.17, 15) is 0 Å². The summed E-state index contributed by atoms with van der Waals surface area (Å²) in [7, 11) is 2.24. The first-order valence-corrected chi connectivity index (χ1v) is 21.6. The van der Waals surface area contributed by atoms with E-state index < -0.39 is 5.41 Å². The molecule has 9 aromatic carbocycles. The van der Waals surface area contributed by atoms with Gasteiger partial charge in [0.25, 0.3) is 0 Å². The minimum absolute atomic E-state index is 0.0547. The van der Waals surface area contributed by atoms with Gasteiger partial charge in [-0.25, -0.2) is 0 Å². The first kappa shape index (κ1) is 35.7. The highest BCUT2D eigenvalue weighted by Gasteiger charge is 2.53. The number of benzene rings is 9. The van der Waals surface area contributed by atoms with Crippen LogP contribution in [0.25, 0.3) is 55.1 Å². The Morgan fingerprint density at radius 2 is 1.02 bits per heavy atom. The molecule has 0 bridgehead atoms. The SMILES string of the molecule is CN1C(c2ccccc2)=CC(c2cccc3c2-c2cc(-c4ccc5c(ccc6ccccc65)c4)ccc2C32c3ccccc3C(C)(C)c3ccccc32)=CC1c1ccccc1. The first-order chi connectivity index (χ1) is 29.9. The van der Waals surface area contributed by atoms with Crippen LogP contribution in [0.1, 0.15) is 70.0 Å². The lowest BCUT2D eigenvalue weighted by Crippen LogP contribution is -2.40. The number of hydrogen-bond donors (Lipinski definition) is 0. The molecule has 1 aliphatic heterocycles. The number of nitrogens with zero attached hydrogens (tertiary/aromatic N) is 1.